The summed E-state index contributed by atoms with van der Waals surface area (Å²) in [4.78, 5) is 5.27. The second kappa shape index (κ2) is 6.28. The first-order valence-corrected chi connectivity index (χ1v) is 9.06. The number of nitrogens with zero attached hydrogens (tertiary/aromatic N) is 2. The van der Waals surface area contributed by atoms with Gasteiger partial charge in [-0.3, -0.25) is 5.32 Å². The van der Waals surface area contributed by atoms with E-state index >= 15 is 0 Å². The molecule has 2 aliphatic rings. The Morgan fingerprint density at radius 2 is 2.04 bits per heavy atom. The van der Waals surface area contributed by atoms with Crippen molar-refractivity contribution in [1.82, 2.24) is 14.9 Å². The summed E-state index contributed by atoms with van der Waals surface area (Å²) in [5, 5.41) is 22.1. The minimum Gasteiger partial charge on any atom is -0.374 e. The van der Waals surface area contributed by atoms with E-state index in [9.17, 15) is 10.2 Å². The average Bonchev–Trinajstić information content (AvgIpc) is 3.11. The molecule has 1 aliphatic heterocycles. The summed E-state index contributed by atoms with van der Waals surface area (Å²) < 4.78 is 2.31. The zero-order valence-corrected chi connectivity index (χ0v) is 13.7. The van der Waals surface area contributed by atoms with Gasteiger partial charge in [-0.05, 0) is 36.6 Å². The van der Waals surface area contributed by atoms with Crippen LogP contribution in [0.5, 0.6) is 0 Å². The van der Waals surface area contributed by atoms with Gasteiger partial charge in [0, 0.05) is 10.9 Å². The van der Waals surface area contributed by atoms with Gasteiger partial charge in [-0.2, -0.15) is 0 Å². The Morgan fingerprint density at radius 3 is 2.78 bits per heavy atom. The summed E-state index contributed by atoms with van der Waals surface area (Å²) in [6.45, 7) is 0. The van der Waals surface area contributed by atoms with Gasteiger partial charge in [0.25, 0.3) is 0 Å². The zero-order valence-electron chi connectivity index (χ0n) is 12.9. The minimum atomic E-state index is -0.797. The van der Waals surface area contributed by atoms with E-state index in [1.807, 2.05) is 24.5 Å². The number of imidazole rings is 1. The Hall–Kier alpha value is -1.34. The predicted octanol–water partition coefficient (Wildman–Crippen LogP) is 2.81. The number of hydrogen-bond donors (Lipinski definition) is 3. The predicted molar refractivity (Wildman–Crippen MR) is 92.6 cm³/mol. The number of benzene rings is 1. The molecule has 0 amide bonds. The quantitative estimate of drug-likeness (QED) is 0.789. The highest BCUT2D eigenvalue weighted by Gasteiger charge is 2.25. The van der Waals surface area contributed by atoms with Crippen molar-refractivity contribution in [2.45, 2.75) is 49.9 Å². The molecule has 1 aromatic carbocycles. The number of rotatable bonds is 2. The molecule has 0 spiro atoms. The minimum absolute atomic E-state index is 0.548. The van der Waals surface area contributed by atoms with Crippen molar-refractivity contribution in [3.05, 3.63) is 35.0 Å². The maximum absolute atomic E-state index is 9.87. The molecule has 2 fully saturated rings. The van der Waals surface area contributed by atoms with Crippen LogP contribution in [0.3, 0.4) is 0 Å². The monoisotopic (exact) mass is 331 g/mol. The highest BCUT2D eigenvalue weighted by atomic mass is 32.2. The molecule has 0 radical (unpaired) electrons. The van der Waals surface area contributed by atoms with Crippen molar-refractivity contribution in [1.29, 1.82) is 0 Å². The number of aliphatic hydroxyl groups is 2. The molecule has 5 nitrogen and oxygen atoms in total. The van der Waals surface area contributed by atoms with Gasteiger partial charge < -0.3 is 14.8 Å². The molecule has 2 unspecified atom stereocenters. The summed E-state index contributed by atoms with van der Waals surface area (Å²) in [6, 6.07) is 6.70. The number of aliphatic hydroxyl groups excluding tert-OH is 2. The smallest absolute Gasteiger partial charge is 0.159 e. The molecule has 2 aromatic rings. The van der Waals surface area contributed by atoms with Crippen LogP contribution < -0.4 is 5.32 Å². The lowest BCUT2D eigenvalue weighted by Crippen LogP contribution is -2.28. The van der Waals surface area contributed by atoms with E-state index in [-0.39, 0.29) is 0 Å². The van der Waals surface area contributed by atoms with Crippen molar-refractivity contribution >= 4 is 28.9 Å². The molecule has 4 rings (SSSR count). The van der Waals surface area contributed by atoms with Gasteiger partial charge >= 0.3 is 0 Å². The van der Waals surface area contributed by atoms with Crippen molar-refractivity contribution in [2.75, 3.05) is 0 Å². The van der Waals surface area contributed by atoms with E-state index in [4.69, 9.17) is 0 Å². The van der Waals surface area contributed by atoms with Crippen LogP contribution in [-0.2, 0) is 0 Å². The van der Waals surface area contributed by atoms with Gasteiger partial charge in [-0.25, -0.2) is 4.98 Å². The molecular formula is C17H21N3O2S. The fourth-order valence-corrected chi connectivity index (χ4v) is 4.36. The maximum Gasteiger partial charge on any atom is 0.159 e. The van der Waals surface area contributed by atoms with Crippen LogP contribution in [0.15, 0.2) is 29.4 Å². The Morgan fingerprint density at radius 1 is 1.22 bits per heavy atom. The molecule has 0 bridgehead atoms. The highest BCUT2D eigenvalue weighted by molar-refractivity contribution is 8.03. The lowest BCUT2D eigenvalue weighted by molar-refractivity contribution is 0.127. The van der Waals surface area contributed by atoms with Gasteiger partial charge in [-0.1, -0.05) is 37.1 Å². The summed E-state index contributed by atoms with van der Waals surface area (Å²) in [7, 11) is 0. The van der Waals surface area contributed by atoms with Gasteiger partial charge in [-0.15, -0.1) is 0 Å². The third-order valence-corrected chi connectivity index (χ3v) is 5.67. The first kappa shape index (κ1) is 15.2. The number of thioether (sulfide) groups is 1. The molecule has 1 aromatic heterocycles. The first-order valence-electron chi connectivity index (χ1n) is 8.18. The van der Waals surface area contributed by atoms with Crippen LogP contribution in [0.25, 0.3) is 17.1 Å². The molecule has 3 N–H and O–H groups in total. The SMILES string of the molecule is OC1NC(O)/C(=C/c2ccc3ncn(C4CCCCC4)c3c2)S1. The van der Waals surface area contributed by atoms with Gasteiger partial charge in [0.1, 0.15) is 6.23 Å². The molecule has 1 saturated heterocycles. The second-order valence-corrected chi connectivity index (χ2v) is 7.43. The fraction of sp³-hybridized carbons (Fsp3) is 0.471. The Balaban J connectivity index is 1.68. The lowest BCUT2D eigenvalue weighted by Gasteiger charge is -2.23. The van der Waals surface area contributed by atoms with Crippen LogP contribution in [0, 0.1) is 0 Å². The maximum atomic E-state index is 9.87. The summed E-state index contributed by atoms with van der Waals surface area (Å²) >= 11 is 1.24. The largest absolute Gasteiger partial charge is 0.374 e. The first-order chi connectivity index (χ1) is 11.2. The van der Waals surface area contributed by atoms with Crippen molar-refractivity contribution in [3.8, 4) is 0 Å². The molecule has 1 aliphatic carbocycles. The van der Waals surface area contributed by atoms with Crippen molar-refractivity contribution in [3.63, 3.8) is 0 Å². The topological polar surface area (TPSA) is 70.3 Å². The number of aromatic nitrogens is 2. The van der Waals surface area contributed by atoms with E-state index in [0.717, 1.165) is 21.5 Å². The number of nitrogens with one attached hydrogen (secondary N) is 1. The van der Waals surface area contributed by atoms with Crippen LogP contribution in [0.4, 0.5) is 0 Å². The molecule has 2 atom stereocenters. The van der Waals surface area contributed by atoms with Crippen LogP contribution >= 0.6 is 11.8 Å². The summed E-state index contributed by atoms with van der Waals surface area (Å²) in [5.74, 6) is 0. The second-order valence-electron chi connectivity index (χ2n) is 6.28. The van der Waals surface area contributed by atoms with E-state index in [1.165, 1.54) is 43.9 Å². The Labute approximate surface area is 139 Å². The summed E-state index contributed by atoms with van der Waals surface area (Å²) in [5.41, 5.74) is 2.44. The van der Waals surface area contributed by atoms with Crippen LogP contribution in [-0.4, -0.2) is 31.6 Å². The third-order valence-electron chi connectivity index (χ3n) is 4.69. The zero-order chi connectivity index (χ0) is 15.8. The molecule has 2 heterocycles. The van der Waals surface area contributed by atoms with Crippen molar-refractivity contribution < 1.29 is 10.2 Å². The average molecular weight is 331 g/mol. The summed E-state index contributed by atoms with van der Waals surface area (Å²) in [6.07, 6.45) is 9.46. The van der Waals surface area contributed by atoms with E-state index in [1.54, 1.807) is 0 Å². The Bertz CT molecular complexity index is 737. The lowest BCUT2D eigenvalue weighted by atomic mass is 9.95. The number of hydrogen-bond acceptors (Lipinski definition) is 5. The van der Waals surface area contributed by atoms with Gasteiger partial charge in [0.2, 0.25) is 0 Å². The van der Waals surface area contributed by atoms with Crippen LogP contribution in [0.1, 0.15) is 43.7 Å². The molecule has 23 heavy (non-hydrogen) atoms. The van der Waals surface area contributed by atoms with E-state index in [2.05, 4.69) is 20.9 Å². The normalized spacial score (nSPS) is 28.0. The fourth-order valence-electron chi connectivity index (χ4n) is 3.50. The van der Waals surface area contributed by atoms with Crippen molar-refractivity contribution in [2.24, 2.45) is 0 Å². The van der Waals surface area contributed by atoms with Gasteiger partial charge in [0.05, 0.1) is 17.4 Å². The molecule has 1 saturated carbocycles. The number of fused-ring (bicyclic) bond motifs is 1. The van der Waals surface area contributed by atoms with Gasteiger partial charge in [0.15, 0.2) is 5.56 Å². The van der Waals surface area contributed by atoms with Crippen LogP contribution in [0.2, 0.25) is 0 Å². The molecule has 122 valence electrons. The van der Waals surface area contributed by atoms with E-state index in [0.29, 0.717) is 6.04 Å². The Kier molecular flexibility index (Phi) is 4.15. The standard InChI is InChI=1S/C17H21N3O2S/c21-16-15(23-17(22)19-16)9-11-6-7-13-14(8-11)20(10-18-13)12-4-2-1-3-5-12/h6-10,12,16-17,19,21-22H,1-5H2/b15-9-. The molecule has 6 heteroatoms. The highest BCUT2D eigenvalue weighted by Crippen LogP contribution is 2.33. The van der Waals surface area contributed by atoms with E-state index < -0.39 is 11.8 Å². The third kappa shape index (κ3) is 3.04. The molecular weight excluding hydrogens is 310 g/mol.